The fourth-order valence-corrected chi connectivity index (χ4v) is 2.77. The molecular formula is C14H13N3O2S. The van der Waals surface area contributed by atoms with E-state index in [2.05, 4.69) is 15.3 Å². The third-order valence-corrected chi connectivity index (χ3v) is 3.88. The molecule has 0 amide bonds. The highest BCUT2D eigenvalue weighted by Crippen LogP contribution is 2.25. The maximum Gasteiger partial charge on any atom is 0.248 e. The molecule has 1 atom stereocenters. The van der Waals surface area contributed by atoms with Crippen LogP contribution in [0.1, 0.15) is 11.8 Å². The van der Waals surface area contributed by atoms with Crippen LogP contribution >= 0.6 is 11.3 Å². The largest absolute Gasteiger partial charge is 0.385 e. The number of aliphatic hydroxyl groups excluding tert-OH is 1. The van der Waals surface area contributed by atoms with E-state index in [4.69, 9.17) is 0 Å². The topological polar surface area (TPSA) is 78.0 Å². The highest BCUT2D eigenvalue weighted by molar-refractivity contribution is 7.22. The highest BCUT2D eigenvalue weighted by Gasteiger charge is 2.09. The average molecular weight is 287 g/mol. The number of aliphatic hydroxyl groups is 1. The predicted molar refractivity (Wildman–Crippen MR) is 80.1 cm³/mol. The normalized spacial score (nSPS) is 12.4. The molecule has 0 spiro atoms. The number of hydrogen-bond donors (Lipinski definition) is 3. The first kappa shape index (κ1) is 12.8. The number of benzene rings is 1. The van der Waals surface area contributed by atoms with Crippen LogP contribution in [-0.2, 0) is 0 Å². The fraction of sp³-hybridized carbons (Fsp3) is 0.143. The molecule has 0 fully saturated rings. The number of nitrogens with one attached hydrogen (secondary N) is 2. The Hall–Kier alpha value is -2.18. The number of hydrogen-bond acceptors (Lipinski definition) is 5. The molecule has 1 aromatic carbocycles. The minimum Gasteiger partial charge on any atom is -0.385 e. The monoisotopic (exact) mass is 287 g/mol. The zero-order chi connectivity index (χ0) is 13.9. The van der Waals surface area contributed by atoms with Gasteiger partial charge in [0.05, 0.1) is 10.2 Å². The standard InChI is InChI=1S/C14H13N3O2S/c18-11(9-5-3-7-13(19)16-9)8-15-14-17-10-4-1-2-6-12(10)20-14/h1-7,11,18H,8H2,(H,15,17)(H,16,19). The van der Waals surface area contributed by atoms with E-state index in [1.54, 1.807) is 12.1 Å². The van der Waals surface area contributed by atoms with Gasteiger partial charge in [-0.1, -0.05) is 29.5 Å². The van der Waals surface area contributed by atoms with Crippen molar-refractivity contribution in [3.8, 4) is 0 Å². The number of aromatic amines is 1. The van der Waals surface area contributed by atoms with Gasteiger partial charge < -0.3 is 15.4 Å². The maximum absolute atomic E-state index is 11.2. The zero-order valence-corrected chi connectivity index (χ0v) is 11.4. The van der Waals surface area contributed by atoms with Gasteiger partial charge in [0.1, 0.15) is 6.10 Å². The van der Waals surface area contributed by atoms with Gasteiger partial charge in [0.2, 0.25) is 5.56 Å². The number of anilines is 1. The van der Waals surface area contributed by atoms with Gasteiger partial charge in [0, 0.05) is 18.3 Å². The van der Waals surface area contributed by atoms with Crippen LogP contribution in [0.5, 0.6) is 0 Å². The third-order valence-electron chi connectivity index (χ3n) is 2.89. The Morgan fingerprint density at radius 2 is 2.10 bits per heavy atom. The summed E-state index contributed by atoms with van der Waals surface area (Å²) in [5.74, 6) is 0. The molecule has 2 aromatic heterocycles. The van der Waals surface area contributed by atoms with E-state index in [-0.39, 0.29) is 5.56 Å². The lowest BCUT2D eigenvalue weighted by molar-refractivity contribution is 0.186. The van der Waals surface area contributed by atoms with Crippen LogP contribution in [-0.4, -0.2) is 21.6 Å². The first-order chi connectivity index (χ1) is 9.72. The van der Waals surface area contributed by atoms with E-state index < -0.39 is 6.10 Å². The van der Waals surface area contributed by atoms with Crippen molar-refractivity contribution >= 4 is 26.7 Å². The molecule has 20 heavy (non-hydrogen) atoms. The minimum absolute atomic E-state index is 0.221. The Balaban J connectivity index is 1.71. The van der Waals surface area contributed by atoms with E-state index in [1.165, 1.54) is 17.4 Å². The van der Waals surface area contributed by atoms with E-state index in [9.17, 15) is 9.90 Å². The molecule has 0 saturated heterocycles. The number of fused-ring (bicyclic) bond motifs is 1. The van der Waals surface area contributed by atoms with Gasteiger partial charge in [0.25, 0.3) is 0 Å². The van der Waals surface area contributed by atoms with E-state index >= 15 is 0 Å². The van der Waals surface area contributed by atoms with Gasteiger partial charge in [-0.2, -0.15) is 0 Å². The number of pyridine rings is 1. The third kappa shape index (κ3) is 2.71. The molecule has 3 rings (SSSR count). The smallest absolute Gasteiger partial charge is 0.248 e. The van der Waals surface area contributed by atoms with Gasteiger partial charge in [-0.05, 0) is 18.2 Å². The first-order valence-corrected chi connectivity index (χ1v) is 7.01. The molecule has 6 heteroatoms. The average Bonchev–Trinajstić information content (AvgIpc) is 2.87. The van der Waals surface area contributed by atoms with E-state index in [0.29, 0.717) is 12.2 Å². The molecule has 0 saturated carbocycles. The molecule has 102 valence electrons. The number of aromatic nitrogens is 2. The molecular weight excluding hydrogens is 274 g/mol. The van der Waals surface area contributed by atoms with Crippen LogP contribution in [0, 0.1) is 0 Å². The Morgan fingerprint density at radius 1 is 1.25 bits per heavy atom. The van der Waals surface area contributed by atoms with Crippen molar-refractivity contribution in [1.29, 1.82) is 0 Å². The van der Waals surface area contributed by atoms with Gasteiger partial charge in [-0.3, -0.25) is 4.79 Å². The molecule has 0 aliphatic rings. The lowest BCUT2D eigenvalue weighted by Crippen LogP contribution is -2.16. The summed E-state index contributed by atoms with van der Waals surface area (Å²) in [6.07, 6.45) is -0.782. The van der Waals surface area contributed by atoms with Crippen LogP contribution < -0.4 is 10.9 Å². The second kappa shape index (κ2) is 5.44. The molecule has 0 aliphatic heterocycles. The lowest BCUT2D eigenvalue weighted by atomic mass is 10.2. The summed E-state index contributed by atoms with van der Waals surface area (Å²) in [6, 6.07) is 12.6. The maximum atomic E-state index is 11.2. The molecule has 0 radical (unpaired) electrons. The summed E-state index contributed by atoms with van der Waals surface area (Å²) in [6.45, 7) is 0.291. The fourth-order valence-electron chi connectivity index (χ4n) is 1.90. The van der Waals surface area contributed by atoms with Gasteiger partial charge in [-0.15, -0.1) is 0 Å². The van der Waals surface area contributed by atoms with Gasteiger partial charge in [0.15, 0.2) is 5.13 Å². The lowest BCUT2D eigenvalue weighted by Gasteiger charge is -2.10. The molecule has 0 bridgehead atoms. The summed E-state index contributed by atoms with van der Waals surface area (Å²) >= 11 is 1.53. The van der Waals surface area contributed by atoms with Crippen molar-refractivity contribution in [3.05, 3.63) is 58.5 Å². The van der Waals surface area contributed by atoms with Crippen molar-refractivity contribution < 1.29 is 5.11 Å². The van der Waals surface area contributed by atoms with Gasteiger partial charge >= 0.3 is 0 Å². The highest BCUT2D eigenvalue weighted by atomic mass is 32.1. The van der Waals surface area contributed by atoms with E-state index in [1.807, 2.05) is 24.3 Å². The van der Waals surface area contributed by atoms with Crippen molar-refractivity contribution in [2.45, 2.75) is 6.10 Å². The van der Waals surface area contributed by atoms with Crippen LogP contribution in [0.3, 0.4) is 0 Å². The summed E-state index contributed by atoms with van der Waals surface area (Å²) in [7, 11) is 0. The molecule has 3 aromatic rings. The van der Waals surface area contributed by atoms with Crippen molar-refractivity contribution in [1.82, 2.24) is 9.97 Å². The SMILES string of the molecule is O=c1cccc(C(O)CNc2nc3ccccc3s2)[nH]1. The van der Waals surface area contributed by atoms with Crippen LogP contribution in [0.15, 0.2) is 47.3 Å². The second-order valence-corrected chi connectivity index (χ2v) is 5.38. The molecule has 2 heterocycles. The van der Waals surface area contributed by atoms with Crippen LogP contribution in [0.4, 0.5) is 5.13 Å². The summed E-state index contributed by atoms with van der Waals surface area (Å²) in [4.78, 5) is 18.2. The van der Waals surface area contributed by atoms with Gasteiger partial charge in [-0.25, -0.2) is 4.98 Å². The zero-order valence-electron chi connectivity index (χ0n) is 10.5. The minimum atomic E-state index is -0.782. The summed E-state index contributed by atoms with van der Waals surface area (Å²) in [5.41, 5.74) is 1.20. The molecule has 5 nitrogen and oxygen atoms in total. The molecule has 3 N–H and O–H groups in total. The quantitative estimate of drug-likeness (QED) is 0.687. The number of thiazole rings is 1. The molecule has 1 unspecified atom stereocenters. The van der Waals surface area contributed by atoms with Crippen molar-refractivity contribution in [2.75, 3.05) is 11.9 Å². The predicted octanol–water partition coefficient (Wildman–Crippen LogP) is 2.13. The Kier molecular flexibility index (Phi) is 3.49. The Morgan fingerprint density at radius 3 is 2.90 bits per heavy atom. The van der Waals surface area contributed by atoms with Crippen molar-refractivity contribution in [3.63, 3.8) is 0 Å². The first-order valence-electron chi connectivity index (χ1n) is 6.19. The Labute approximate surface area is 118 Å². The number of nitrogens with zero attached hydrogens (tertiary/aromatic N) is 1. The van der Waals surface area contributed by atoms with E-state index in [0.717, 1.165) is 15.3 Å². The second-order valence-electron chi connectivity index (χ2n) is 4.35. The number of para-hydroxylation sites is 1. The molecule has 0 aliphatic carbocycles. The van der Waals surface area contributed by atoms with Crippen molar-refractivity contribution in [2.24, 2.45) is 0 Å². The Bertz CT molecular complexity index is 748. The summed E-state index contributed by atoms with van der Waals surface area (Å²) in [5, 5.41) is 13.9. The number of H-pyrrole nitrogens is 1. The summed E-state index contributed by atoms with van der Waals surface area (Å²) < 4.78 is 1.10. The van der Waals surface area contributed by atoms with Crippen LogP contribution in [0.2, 0.25) is 0 Å². The van der Waals surface area contributed by atoms with Crippen LogP contribution in [0.25, 0.3) is 10.2 Å². The number of rotatable bonds is 4.